The van der Waals surface area contributed by atoms with Crippen LogP contribution in [0.3, 0.4) is 0 Å². The lowest BCUT2D eigenvalue weighted by molar-refractivity contribution is 0.333. The van der Waals surface area contributed by atoms with Gasteiger partial charge >= 0.3 is 0 Å². The van der Waals surface area contributed by atoms with Crippen LogP contribution in [0, 0.1) is 0 Å². The van der Waals surface area contributed by atoms with Gasteiger partial charge in [-0.3, -0.25) is 4.39 Å². The third kappa shape index (κ3) is 1.68. The number of halogens is 1. The molecule has 4 heteroatoms. The predicted octanol–water partition coefficient (Wildman–Crippen LogP) is -0.277. The zero-order chi connectivity index (χ0) is 5.82. The van der Waals surface area contributed by atoms with Crippen molar-refractivity contribution in [1.82, 2.24) is 0 Å². The molecule has 0 bridgehead atoms. The van der Waals surface area contributed by atoms with Crippen LogP contribution in [-0.4, -0.2) is 30.5 Å². The Bertz CT molecular complexity index is 65.1. The van der Waals surface area contributed by atoms with Gasteiger partial charge < -0.3 is 4.43 Å². The molecule has 1 aliphatic heterocycles. The van der Waals surface area contributed by atoms with Crippen molar-refractivity contribution in [2.45, 2.75) is 12.5 Å². The lowest BCUT2D eigenvalue weighted by Gasteiger charge is -2.16. The summed E-state index contributed by atoms with van der Waals surface area (Å²) in [5.74, 6) is 0. The Morgan fingerprint density at radius 2 is 2.62 bits per heavy atom. The van der Waals surface area contributed by atoms with Crippen molar-refractivity contribution in [3.8, 4) is 0 Å². The van der Waals surface area contributed by atoms with Crippen molar-refractivity contribution >= 4 is 17.6 Å². The van der Waals surface area contributed by atoms with Gasteiger partial charge in [0.2, 0.25) is 0 Å². The zero-order valence-corrected chi connectivity index (χ0v) is 7.47. The molecule has 1 heterocycles. The van der Waals surface area contributed by atoms with E-state index in [1.807, 2.05) is 0 Å². The maximum absolute atomic E-state index is 11.9. The lowest BCUT2D eigenvalue weighted by Crippen LogP contribution is -2.32. The molecule has 0 aromatic heterocycles. The van der Waals surface area contributed by atoms with E-state index in [-0.39, 0.29) is 15.6 Å². The van der Waals surface area contributed by atoms with E-state index in [0.717, 1.165) is 13.0 Å². The topological polar surface area (TPSA) is 9.23 Å². The molecule has 48 valence electrons. The molecule has 0 radical (unpaired) electrons. The fourth-order valence-corrected chi connectivity index (χ4v) is 5.92. The van der Waals surface area contributed by atoms with E-state index in [2.05, 4.69) is 0 Å². The molecule has 0 amide bonds. The Labute approximate surface area is 52.6 Å². The van der Waals surface area contributed by atoms with Crippen LogP contribution in [0.5, 0.6) is 0 Å². The highest BCUT2D eigenvalue weighted by Crippen LogP contribution is 2.03. The number of hydrogen-bond acceptors (Lipinski definition) is 1. The molecule has 1 atom stereocenters. The van der Waals surface area contributed by atoms with Crippen LogP contribution in [0.15, 0.2) is 0 Å². The van der Waals surface area contributed by atoms with Gasteiger partial charge in [0, 0.05) is 6.61 Å². The van der Waals surface area contributed by atoms with Crippen molar-refractivity contribution in [3.63, 3.8) is 0 Å². The summed E-state index contributed by atoms with van der Waals surface area (Å²) in [6.07, 6.45) is 1.13. The standard InChI is InChI=1S/C4H11FOSi2/c5-4-8-3-1-2-6-7-8/h8H,1-4,7H2. The van der Waals surface area contributed by atoms with Crippen molar-refractivity contribution < 1.29 is 8.82 Å². The van der Waals surface area contributed by atoms with E-state index in [0.29, 0.717) is 0 Å². The summed E-state index contributed by atoms with van der Waals surface area (Å²) in [5, 5.41) is 0. The van der Waals surface area contributed by atoms with Gasteiger partial charge in [-0.1, -0.05) is 6.04 Å². The van der Waals surface area contributed by atoms with Crippen LogP contribution >= 0.6 is 0 Å². The summed E-state index contributed by atoms with van der Waals surface area (Å²) in [5.41, 5.74) is 0. The molecule has 1 unspecified atom stereocenters. The minimum atomic E-state index is -0.855. The lowest BCUT2D eigenvalue weighted by atomic mass is 10.5. The van der Waals surface area contributed by atoms with Gasteiger partial charge in [-0.15, -0.1) is 0 Å². The van der Waals surface area contributed by atoms with E-state index in [4.69, 9.17) is 4.43 Å². The fourth-order valence-electron chi connectivity index (χ4n) is 0.929. The summed E-state index contributed by atoms with van der Waals surface area (Å²) >= 11 is 0. The first kappa shape index (κ1) is 6.44. The summed E-state index contributed by atoms with van der Waals surface area (Å²) < 4.78 is 17.1. The van der Waals surface area contributed by atoms with Crippen molar-refractivity contribution in [1.29, 1.82) is 0 Å². The largest absolute Gasteiger partial charge is 0.427 e. The van der Waals surface area contributed by atoms with Crippen molar-refractivity contribution in [2.75, 3.05) is 12.9 Å². The Morgan fingerprint density at radius 1 is 1.75 bits per heavy atom. The Kier molecular flexibility index (Phi) is 2.71. The van der Waals surface area contributed by atoms with Gasteiger partial charge in [-0.25, -0.2) is 0 Å². The summed E-state index contributed by atoms with van der Waals surface area (Å²) in [6, 6.07) is 1.21. The third-order valence-corrected chi connectivity index (χ3v) is 8.13. The molecule has 0 N–H and O–H groups in total. The molecular weight excluding hydrogens is 139 g/mol. The van der Waals surface area contributed by atoms with Crippen LogP contribution in [0.4, 0.5) is 4.39 Å². The first-order valence-electron chi connectivity index (χ1n) is 3.07. The molecule has 1 rings (SSSR count). The Morgan fingerprint density at radius 3 is 3.00 bits per heavy atom. The summed E-state index contributed by atoms with van der Waals surface area (Å²) in [4.78, 5) is 0. The van der Waals surface area contributed by atoms with Crippen LogP contribution in [0.25, 0.3) is 0 Å². The number of alkyl halides is 1. The van der Waals surface area contributed by atoms with Crippen LogP contribution < -0.4 is 0 Å². The van der Waals surface area contributed by atoms with Crippen LogP contribution in [-0.2, 0) is 4.43 Å². The maximum atomic E-state index is 11.9. The maximum Gasteiger partial charge on any atom is 0.150 e. The Balaban J connectivity index is 2.13. The fraction of sp³-hybridized carbons (Fsp3) is 1.00. The van der Waals surface area contributed by atoms with E-state index in [1.165, 1.54) is 6.04 Å². The zero-order valence-electron chi connectivity index (χ0n) is 4.90. The number of hydrogen-bond donors (Lipinski definition) is 0. The number of rotatable bonds is 1. The second-order valence-corrected chi connectivity index (χ2v) is 10.1. The highest BCUT2D eigenvalue weighted by molar-refractivity contribution is 7.10. The third-order valence-electron chi connectivity index (χ3n) is 1.47. The second-order valence-electron chi connectivity index (χ2n) is 2.24. The molecule has 1 nitrogen and oxygen atoms in total. The van der Waals surface area contributed by atoms with E-state index < -0.39 is 8.31 Å². The molecule has 0 aromatic carbocycles. The molecule has 1 aliphatic rings. The van der Waals surface area contributed by atoms with Crippen LogP contribution in [0.1, 0.15) is 6.42 Å². The molecular formula is C4H11FOSi2. The molecule has 0 spiro atoms. The van der Waals surface area contributed by atoms with Gasteiger partial charge in [0.1, 0.15) is 9.28 Å². The summed E-state index contributed by atoms with van der Waals surface area (Å²) in [6.45, 7) is 0.926. The first-order valence-corrected chi connectivity index (χ1v) is 8.55. The van der Waals surface area contributed by atoms with E-state index >= 15 is 0 Å². The molecule has 1 fully saturated rings. The normalized spacial score (nSPS) is 33.4. The van der Waals surface area contributed by atoms with E-state index in [1.54, 1.807) is 0 Å². The molecule has 0 saturated carbocycles. The van der Waals surface area contributed by atoms with Gasteiger partial charge in [-0.2, -0.15) is 0 Å². The molecule has 0 aliphatic carbocycles. The summed E-state index contributed by atoms with van der Waals surface area (Å²) in [7, 11) is -1.17. The van der Waals surface area contributed by atoms with Gasteiger partial charge in [0.05, 0.1) is 14.6 Å². The van der Waals surface area contributed by atoms with Crippen LogP contribution in [0.2, 0.25) is 6.04 Å². The predicted molar refractivity (Wildman–Crippen MR) is 37.0 cm³/mol. The quantitative estimate of drug-likeness (QED) is 0.467. The van der Waals surface area contributed by atoms with E-state index in [9.17, 15) is 4.39 Å². The highest BCUT2D eigenvalue weighted by Gasteiger charge is 2.15. The van der Waals surface area contributed by atoms with Gasteiger partial charge in [0.15, 0.2) is 0 Å². The van der Waals surface area contributed by atoms with Crippen molar-refractivity contribution in [2.24, 2.45) is 0 Å². The van der Waals surface area contributed by atoms with Crippen molar-refractivity contribution in [3.05, 3.63) is 0 Å². The SMILES string of the molecule is FC[SiH]1CCCO[SiH2]1. The molecule has 8 heavy (non-hydrogen) atoms. The second kappa shape index (κ2) is 3.37. The minimum Gasteiger partial charge on any atom is -0.427 e. The average Bonchev–Trinajstić information content (AvgIpc) is 1.90. The van der Waals surface area contributed by atoms with Gasteiger partial charge in [0.25, 0.3) is 0 Å². The molecule has 0 aromatic rings. The Hall–Kier alpha value is 0.324. The average molecular weight is 150 g/mol. The highest BCUT2D eigenvalue weighted by atomic mass is 29.2. The molecule has 1 saturated heterocycles. The van der Waals surface area contributed by atoms with Gasteiger partial charge in [-0.05, 0) is 6.42 Å². The smallest absolute Gasteiger partial charge is 0.150 e. The minimum absolute atomic E-state index is 0.00772. The first-order chi connectivity index (χ1) is 3.93. The monoisotopic (exact) mass is 150 g/mol.